The van der Waals surface area contributed by atoms with Crippen LogP contribution in [0.5, 0.6) is 0 Å². The summed E-state index contributed by atoms with van der Waals surface area (Å²) in [5, 5.41) is 3.32. The van der Waals surface area contributed by atoms with Gasteiger partial charge in [-0.15, -0.1) is 0 Å². The Hall–Kier alpha value is -3.05. The number of amides is 1. The van der Waals surface area contributed by atoms with E-state index in [1.165, 1.54) is 10.8 Å². The van der Waals surface area contributed by atoms with E-state index in [2.05, 4.69) is 5.32 Å². The molecule has 0 aliphatic carbocycles. The zero-order valence-electron chi connectivity index (χ0n) is 14.4. The lowest BCUT2D eigenvalue weighted by Gasteiger charge is -2.07. The molecular weight excluding hydrogens is 350 g/mol. The van der Waals surface area contributed by atoms with Crippen molar-refractivity contribution in [3.8, 4) is 5.69 Å². The van der Waals surface area contributed by atoms with Gasteiger partial charge in [0.2, 0.25) is 5.91 Å². The van der Waals surface area contributed by atoms with E-state index in [-0.39, 0.29) is 17.2 Å². The van der Waals surface area contributed by atoms with E-state index in [1.54, 1.807) is 36.9 Å². The molecule has 1 heterocycles. The molecule has 0 aliphatic rings. The van der Waals surface area contributed by atoms with Gasteiger partial charge in [-0.25, -0.2) is 4.68 Å². The molecule has 0 radical (unpaired) electrons. The van der Waals surface area contributed by atoms with Gasteiger partial charge < -0.3 is 5.32 Å². The molecule has 132 valence electrons. The molecule has 1 amide bonds. The lowest BCUT2D eigenvalue weighted by Crippen LogP contribution is -2.22. The van der Waals surface area contributed by atoms with Crippen molar-refractivity contribution in [3.63, 3.8) is 0 Å². The molecule has 3 aromatic rings. The molecule has 0 fully saturated rings. The average molecular weight is 368 g/mol. The summed E-state index contributed by atoms with van der Waals surface area (Å²) >= 11 is 5.84. The summed E-state index contributed by atoms with van der Waals surface area (Å²) in [5.41, 5.74) is 2.25. The predicted molar refractivity (Wildman–Crippen MR) is 105 cm³/mol. The van der Waals surface area contributed by atoms with Crippen molar-refractivity contribution in [2.45, 2.75) is 6.92 Å². The molecule has 0 saturated carbocycles. The molecule has 0 unspecified atom stereocenters. The highest BCUT2D eigenvalue weighted by molar-refractivity contribution is 6.30. The molecule has 1 N–H and O–H groups in total. The topological polar surface area (TPSA) is 56.0 Å². The van der Waals surface area contributed by atoms with Gasteiger partial charge in [0.05, 0.1) is 11.4 Å². The second-order valence-corrected chi connectivity index (χ2v) is 6.25. The van der Waals surface area contributed by atoms with Crippen LogP contribution in [0, 0.1) is 6.92 Å². The molecular formula is C20H18ClN3O2. The zero-order valence-corrected chi connectivity index (χ0v) is 15.2. The second-order valence-electron chi connectivity index (χ2n) is 5.81. The maximum atomic E-state index is 12.7. The third-order valence-electron chi connectivity index (χ3n) is 4.10. The Labute approximate surface area is 156 Å². The van der Waals surface area contributed by atoms with E-state index in [9.17, 15) is 9.59 Å². The number of benzene rings is 2. The van der Waals surface area contributed by atoms with E-state index < -0.39 is 0 Å². The van der Waals surface area contributed by atoms with Crippen molar-refractivity contribution in [1.29, 1.82) is 0 Å². The number of carbonyl (C=O) groups excluding carboxylic acids is 1. The third-order valence-corrected chi connectivity index (χ3v) is 4.35. The van der Waals surface area contributed by atoms with Gasteiger partial charge in [0, 0.05) is 18.1 Å². The Kier molecular flexibility index (Phi) is 5.09. The van der Waals surface area contributed by atoms with Gasteiger partial charge in [0.25, 0.3) is 5.56 Å². The van der Waals surface area contributed by atoms with Gasteiger partial charge in [-0.2, -0.15) is 0 Å². The monoisotopic (exact) mass is 367 g/mol. The van der Waals surface area contributed by atoms with Gasteiger partial charge in [0.1, 0.15) is 5.69 Å². The maximum Gasteiger partial charge on any atom is 0.295 e. The summed E-state index contributed by atoms with van der Waals surface area (Å²) in [7, 11) is 1.78. The SMILES string of the molecule is Cc1c(NC(=O)C=Cc2ccc(Cl)cc2)c(=O)n(-c2ccccc2)n1C. The Morgan fingerprint density at radius 3 is 2.38 bits per heavy atom. The molecule has 5 nitrogen and oxygen atoms in total. The first-order chi connectivity index (χ1) is 12.5. The number of nitrogens with zero attached hydrogens (tertiary/aromatic N) is 2. The average Bonchev–Trinajstić information content (AvgIpc) is 2.85. The number of carbonyl (C=O) groups is 1. The number of hydrogen-bond donors (Lipinski definition) is 1. The predicted octanol–water partition coefficient (Wildman–Crippen LogP) is 3.79. The van der Waals surface area contributed by atoms with Crippen molar-refractivity contribution >= 4 is 29.3 Å². The quantitative estimate of drug-likeness (QED) is 0.713. The fourth-order valence-electron chi connectivity index (χ4n) is 2.62. The van der Waals surface area contributed by atoms with E-state index in [1.807, 2.05) is 42.5 Å². The number of halogens is 1. The molecule has 2 aromatic carbocycles. The normalized spacial score (nSPS) is 11.0. The Morgan fingerprint density at radius 1 is 1.08 bits per heavy atom. The molecule has 0 atom stereocenters. The van der Waals surface area contributed by atoms with Crippen LogP contribution in [0.2, 0.25) is 5.02 Å². The number of para-hydroxylation sites is 1. The number of anilines is 1. The van der Waals surface area contributed by atoms with Gasteiger partial charge in [-0.3, -0.25) is 14.3 Å². The van der Waals surface area contributed by atoms with Gasteiger partial charge in [0.15, 0.2) is 0 Å². The fraction of sp³-hybridized carbons (Fsp3) is 0.100. The summed E-state index contributed by atoms with van der Waals surface area (Å²) < 4.78 is 3.24. The van der Waals surface area contributed by atoms with Gasteiger partial charge >= 0.3 is 0 Å². The molecule has 0 bridgehead atoms. The van der Waals surface area contributed by atoms with Crippen molar-refractivity contribution < 1.29 is 4.79 Å². The van der Waals surface area contributed by atoms with Crippen LogP contribution in [0.25, 0.3) is 11.8 Å². The van der Waals surface area contributed by atoms with Crippen LogP contribution in [0.4, 0.5) is 5.69 Å². The van der Waals surface area contributed by atoms with E-state index in [4.69, 9.17) is 11.6 Å². The summed E-state index contributed by atoms with van der Waals surface area (Å²) in [6, 6.07) is 16.4. The number of aromatic nitrogens is 2. The highest BCUT2D eigenvalue weighted by Gasteiger charge is 2.17. The minimum absolute atomic E-state index is 0.266. The van der Waals surface area contributed by atoms with Crippen LogP contribution in [0.3, 0.4) is 0 Å². The van der Waals surface area contributed by atoms with Crippen LogP contribution >= 0.6 is 11.6 Å². The standard InChI is InChI=1S/C20H18ClN3O2/c1-14-19(20(26)24(23(14)2)17-6-4-3-5-7-17)22-18(25)13-10-15-8-11-16(21)12-9-15/h3-13H,1-2H3,(H,22,25). The van der Waals surface area contributed by atoms with E-state index in [0.29, 0.717) is 10.7 Å². The number of hydrogen-bond acceptors (Lipinski definition) is 2. The summed E-state index contributed by atoms with van der Waals surface area (Å²) in [6.07, 6.45) is 3.06. The first-order valence-corrected chi connectivity index (χ1v) is 8.44. The molecule has 6 heteroatoms. The molecule has 3 rings (SSSR count). The minimum atomic E-state index is -0.369. The smallest absolute Gasteiger partial charge is 0.295 e. The lowest BCUT2D eigenvalue weighted by atomic mass is 10.2. The van der Waals surface area contributed by atoms with Crippen LogP contribution in [0.1, 0.15) is 11.3 Å². The van der Waals surface area contributed by atoms with Crippen molar-refractivity contribution in [1.82, 2.24) is 9.36 Å². The molecule has 26 heavy (non-hydrogen) atoms. The number of rotatable bonds is 4. The van der Waals surface area contributed by atoms with Gasteiger partial charge in [-0.1, -0.05) is 41.9 Å². The Balaban J connectivity index is 1.85. The van der Waals surface area contributed by atoms with Crippen molar-refractivity contribution in [2.75, 3.05) is 5.32 Å². The molecule has 0 saturated heterocycles. The first kappa shape index (κ1) is 17.8. The zero-order chi connectivity index (χ0) is 18.7. The Bertz CT molecular complexity index is 1020. The van der Waals surface area contributed by atoms with Crippen LogP contribution in [-0.4, -0.2) is 15.3 Å². The molecule has 0 aliphatic heterocycles. The second kappa shape index (κ2) is 7.45. The van der Waals surface area contributed by atoms with E-state index in [0.717, 1.165) is 11.3 Å². The maximum absolute atomic E-state index is 12.7. The molecule has 0 spiro atoms. The van der Waals surface area contributed by atoms with Crippen LogP contribution in [-0.2, 0) is 11.8 Å². The van der Waals surface area contributed by atoms with Crippen molar-refractivity contribution in [2.24, 2.45) is 7.05 Å². The van der Waals surface area contributed by atoms with Crippen molar-refractivity contribution in [3.05, 3.63) is 87.3 Å². The van der Waals surface area contributed by atoms with Gasteiger partial charge in [-0.05, 0) is 42.8 Å². The summed E-state index contributed by atoms with van der Waals surface area (Å²) in [6.45, 7) is 1.79. The highest BCUT2D eigenvalue weighted by atomic mass is 35.5. The molecule has 1 aromatic heterocycles. The summed E-state index contributed by atoms with van der Waals surface area (Å²) in [4.78, 5) is 25.0. The third kappa shape index (κ3) is 3.63. The number of nitrogens with one attached hydrogen (secondary N) is 1. The largest absolute Gasteiger partial charge is 0.316 e. The van der Waals surface area contributed by atoms with Crippen LogP contribution < -0.4 is 10.9 Å². The Morgan fingerprint density at radius 2 is 1.73 bits per heavy atom. The summed E-state index contributed by atoms with van der Waals surface area (Å²) in [5.74, 6) is -0.369. The minimum Gasteiger partial charge on any atom is -0.316 e. The van der Waals surface area contributed by atoms with Crippen LogP contribution in [0.15, 0.2) is 65.5 Å². The van der Waals surface area contributed by atoms with E-state index >= 15 is 0 Å². The first-order valence-electron chi connectivity index (χ1n) is 8.06. The fourth-order valence-corrected chi connectivity index (χ4v) is 2.75. The highest BCUT2D eigenvalue weighted by Crippen LogP contribution is 2.14. The lowest BCUT2D eigenvalue weighted by molar-refractivity contribution is -0.111.